The molecule has 125 heavy (non-hydrogen) atoms. The maximum atomic E-state index is 12.5. The summed E-state index contributed by atoms with van der Waals surface area (Å²) >= 11 is 21.7. The van der Waals surface area contributed by atoms with Gasteiger partial charge in [-0.05, 0) is 135 Å². The zero-order valence-corrected chi connectivity index (χ0v) is 85.7. The lowest BCUT2D eigenvalue weighted by molar-refractivity contribution is -0.141. The molecule has 0 aromatic carbocycles. The van der Waals surface area contributed by atoms with Crippen LogP contribution in [0.1, 0.15) is 277 Å². The summed E-state index contributed by atoms with van der Waals surface area (Å²) in [5.74, 6) is -1.33. The van der Waals surface area contributed by atoms with Crippen LogP contribution in [-0.4, -0.2) is 88.3 Å². The van der Waals surface area contributed by atoms with Crippen molar-refractivity contribution in [2.75, 3.05) is 0 Å². The van der Waals surface area contributed by atoms with Gasteiger partial charge in [0.15, 0.2) is 16.0 Å². The van der Waals surface area contributed by atoms with E-state index in [1.165, 1.54) is 85.0 Å². The Morgan fingerprint density at radius 2 is 0.992 bits per heavy atom. The van der Waals surface area contributed by atoms with E-state index in [2.05, 4.69) is 207 Å². The zero-order valence-electron chi connectivity index (χ0n) is 76.0. The van der Waals surface area contributed by atoms with E-state index in [0.717, 1.165) is 130 Å². The largest absolute Gasteiger partial charge is 0.444 e. The van der Waals surface area contributed by atoms with Crippen LogP contribution in [0.3, 0.4) is 0 Å². The molecule has 0 aliphatic carbocycles. The molecule has 0 aliphatic rings. The summed E-state index contributed by atoms with van der Waals surface area (Å²) in [6.45, 7) is 53.4. The van der Waals surface area contributed by atoms with Crippen molar-refractivity contribution in [1.82, 2.24) is 88.3 Å². The molecule has 0 unspecified atom stereocenters. The minimum absolute atomic E-state index is 0. The average Bonchev–Trinajstić information content (AvgIpc) is 1.67. The Bertz CT molecular complexity index is 4350. The smallest absolute Gasteiger partial charge is 0.326 e. The van der Waals surface area contributed by atoms with Crippen molar-refractivity contribution in [3.8, 4) is 0 Å². The van der Waals surface area contributed by atoms with Gasteiger partial charge in [-0.3, -0.25) is 9.36 Å². The highest BCUT2D eigenvalue weighted by Gasteiger charge is 2.36. The Labute approximate surface area is 784 Å². The van der Waals surface area contributed by atoms with Crippen LogP contribution in [0.4, 0.5) is 35.1 Å². The number of thiazole rings is 8. The first-order chi connectivity index (χ1) is 58.1. The third-order valence-electron chi connectivity index (χ3n) is 15.4. The molecule has 0 fully saturated rings. The molecule has 13 heterocycles. The second-order valence-electron chi connectivity index (χ2n) is 28.5. The predicted octanol–water partition coefficient (Wildman–Crippen LogP) is 25.0. The summed E-state index contributed by atoms with van der Waals surface area (Å²) in [7, 11) is 1.91. The Balaban J connectivity index is 0.00000133. The quantitative estimate of drug-likeness (QED) is 0.0653. The predicted molar refractivity (Wildman–Crippen MR) is 515 cm³/mol. The molecule has 0 saturated heterocycles. The van der Waals surface area contributed by atoms with Crippen LogP contribution >= 0.6 is 137 Å². The van der Waals surface area contributed by atoms with Gasteiger partial charge in [0.2, 0.25) is 5.01 Å². The van der Waals surface area contributed by atoms with Gasteiger partial charge in [-0.25, -0.2) is 49.8 Å². The number of halogens is 9. The van der Waals surface area contributed by atoms with E-state index >= 15 is 0 Å². The SMILES string of the molecule is C.CC(C)c1nc(CN)cs1.CCc1cnc(C)s1.CCc1cnc(Cl)s1.CCc1csc(C)n1.CCc1nc(C(C)(C)C)cs1.CCc1nc(C(C)(F)F)cs1.CCc1nc(C(F)(F)F)cs1.CCc1nc(C)c(C)s1.CCc1nc(C)ns1.CCc1nnc(C(C)(C)C)s1.CCn1cc(CN)cn1.Cc1cc(CN)nn1C.NCc1nsc(C(F)(F)F)n1. The van der Waals surface area contributed by atoms with Crippen LogP contribution in [0.15, 0.2) is 57.8 Å². The molecular weight excluding hydrogens is 1850 g/mol. The molecule has 22 nitrogen and oxygen atoms in total. The van der Waals surface area contributed by atoms with Gasteiger partial charge in [0, 0.05) is 128 Å². The van der Waals surface area contributed by atoms with E-state index in [0.29, 0.717) is 53.0 Å². The van der Waals surface area contributed by atoms with Crippen molar-refractivity contribution in [2.45, 2.75) is 306 Å². The van der Waals surface area contributed by atoms with Crippen molar-refractivity contribution in [3.63, 3.8) is 0 Å². The summed E-state index contributed by atoms with van der Waals surface area (Å²) in [5.41, 5.74) is 28.5. The van der Waals surface area contributed by atoms with Gasteiger partial charge in [0.25, 0.3) is 5.92 Å². The molecule has 0 amide bonds. The second-order valence-corrected chi connectivity index (χ2v) is 40.2. The third kappa shape index (κ3) is 49.3. The summed E-state index contributed by atoms with van der Waals surface area (Å²) in [5, 5.41) is 34.9. The van der Waals surface area contributed by atoms with E-state index in [4.69, 9.17) is 34.5 Å². The number of nitrogens with two attached hydrogens (primary N) is 4. The Kier molecular flexibility index (Phi) is 58.2. The first-order valence-electron chi connectivity index (χ1n) is 40.0. The van der Waals surface area contributed by atoms with Gasteiger partial charge < -0.3 is 22.9 Å². The topological polar surface area (TPSA) is 320 Å². The Morgan fingerprint density at radius 3 is 1.24 bits per heavy atom. The normalized spacial score (nSPS) is 10.8. The number of aryl methyl sites for hydroxylation is 17. The molecule has 0 saturated carbocycles. The maximum Gasteiger partial charge on any atom is 0.444 e. The van der Waals surface area contributed by atoms with Crippen molar-refractivity contribution in [3.05, 3.63) is 195 Å². The van der Waals surface area contributed by atoms with Gasteiger partial charge in [0.1, 0.15) is 26.5 Å². The molecule has 0 aliphatic heterocycles. The molecule has 8 N–H and O–H groups in total. The first-order valence-corrected chi connectivity index (χ1v) is 49.6. The van der Waals surface area contributed by atoms with Crippen molar-refractivity contribution in [2.24, 2.45) is 30.0 Å². The van der Waals surface area contributed by atoms with Crippen LogP contribution in [0.5, 0.6) is 0 Å². The van der Waals surface area contributed by atoms with Gasteiger partial charge in [-0.1, -0.05) is 137 Å². The highest BCUT2D eigenvalue weighted by Crippen LogP contribution is 2.33. The van der Waals surface area contributed by atoms with Gasteiger partial charge in [-0.15, -0.1) is 112 Å². The monoisotopic (exact) mass is 1970 g/mol. The molecule has 0 radical (unpaired) electrons. The average molecular weight is 1980 g/mol. The van der Waals surface area contributed by atoms with Gasteiger partial charge in [-0.2, -0.15) is 54.1 Å². The van der Waals surface area contributed by atoms with E-state index in [9.17, 15) is 35.1 Å². The summed E-state index contributed by atoms with van der Waals surface area (Å²) < 4.78 is 108. The lowest BCUT2D eigenvalue weighted by Gasteiger charge is -2.14. The fourth-order valence-electron chi connectivity index (χ4n) is 8.11. The molecule has 0 bridgehead atoms. The molecule has 0 atom stereocenters. The number of nitrogens with zero attached hydrogens (tertiary/aromatic N) is 18. The molecular formula is C83H129ClF8N22S11. The first kappa shape index (κ1) is 119. The summed E-state index contributed by atoms with van der Waals surface area (Å²) in [6.07, 6.45) is 7.44. The number of hydrogen-bond donors (Lipinski definition) is 4. The maximum absolute atomic E-state index is 12.5. The van der Waals surface area contributed by atoms with Crippen LogP contribution in [-0.2, 0) is 127 Å². The molecule has 13 rings (SSSR count). The fraction of sp³-hybridized carbons (Fsp3) is 0.566. The summed E-state index contributed by atoms with van der Waals surface area (Å²) in [6, 6.07) is 1.99. The number of alkyl halides is 8. The fourth-order valence-corrected chi connectivity index (χ4v) is 16.7. The van der Waals surface area contributed by atoms with Crippen LogP contribution in [0.25, 0.3) is 0 Å². The van der Waals surface area contributed by atoms with E-state index in [1.54, 1.807) is 92.5 Å². The van der Waals surface area contributed by atoms with E-state index < -0.39 is 29.0 Å². The zero-order chi connectivity index (χ0) is 94.3. The standard InChI is InChI=1S/C9H15NS.C8H14N2S.C7H9F2NS.C7H12N2S.C7H11NS.C6H6F3NS.2C6H11N3.2C6H9NS.C5H6ClNS.C5H8N2S.C4H4F3N3S.CH4/c1-5-8-10-7(6-11-8)9(2,3)4;1-5-6-9-10-7(11-6)8(2,3)4;1-3-6-10-5(4-11-6)7(2,8)9;1-5(2)7-9-6(3-8)4-10-7;1-4-7-8-5(2)6(3)9-7;1-2-5-10-4(3-11-5)6(7,8)9;1-5-3-6(4-7)8-9(5)2;1-2-9-5-6(3-7)4-8-9;1-3-6-4-8-5(2)7-6;1-3-6-4-7-5(2)8-6;1-2-4-3-7-5(6)8-4;1-3-5-6-4(2)7-8-5;5-4(6,7)3-9-2(1-8)10-11-3;/h6H,5H2,1-4H3;5H2,1-4H3;4H,3H2,1-2H3;4-5H,3,8H2,1-2H3;4H2,1-3H3;3H,2H2,1H3;3H,4,7H2,1-2H3;4-5H,2-3,7H2,1H3;2*4H,3H2,1-2H3;3H,2H2,1H3;3H2,1-2H3;1,8H2;1H4. The third-order valence-corrected chi connectivity index (χ3v) is 27.2. The Hall–Kier alpha value is -6.29. The Morgan fingerprint density at radius 1 is 0.456 bits per heavy atom. The molecule has 700 valence electrons. The van der Waals surface area contributed by atoms with Gasteiger partial charge in [0.05, 0.1) is 76.3 Å². The second kappa shape index (κ2) is 61.3. The van der Waals surface area contributed by atoms with E-state index in [-0.39, 0.29) is 36.3 Å². The van der Waals surface area contributed by atoms with Crippen LogP contribution in [0, 0.1) is 41.5 Å². The highest BCUT2D eigenvalue weighted by molar-refractivity contribution is 7.15. The number of rotatable bonds is 16. The van der Waals surface area contributed by atoms with Crippen molar-refractivity contribution in [1.29, 1.82) is 0 Å². The van der Waals surface area contributed by atoms with Crippen molar-refractivity contribution < 1.29 is 35.1 Å². The van der Waals surface area contributed by atoms with Gasteiger partial charge >= 0.3 is 12.4 Å². The highest BCUT2D eigenvalue weighted by atomic mass is 35.5. The van der Waals surface area contributed by atoms with Crippen LogP contribution in [0.2, 0.25) is 4.47 Å². The molecule has 42 heteroatoms. The lowest BCUT2D eigenvalue weighted by atomic mass is 9.93. The minimum atomic E-state index is -4.40. The molecule has 13 aromatic heterocycles. The molecule has 0 spiro atoms. The van der Waals surface area contributed by atoms with Crippen molar-refractivity contribution >= 4 is 137 Å². The summed E-state index contributed by atoms with van der Waals surface area (Å²) in [4.78, 5) is 43.8. The lowest BCUT2D eigenvalue weighted by Crippen LogP contribution is -2.11. The minimum Gasteiger partial charge on any atom is -0.326 e. The number of hydrogen-bond acceptors (Lipinski definition) is 31. The molecule has 13 aromatic rings. The number of aromatic nitrogens is 18. The van der Waals surface area contributed by atoms with E-state index in [1.807, 2.05) is 88.0 Å². The van der Waals surface area contributed by atoms with Crippen LogP contribution < -0.4 is 22.9 Å².